The largest absolute Gasteiger partial charge is 0.478 e. The number of aromatic carboxylic acids is 1. The monoisotopic (exact) mass is 289 g/mol. The van der Waals surface area contributed by atoms with Gasteiger partial charge in [-0.05, 0) is 29.8 Å². The van der Waals surface area contributed by atoms with Gasteiger partial charge in [-0.25, -0.2) is 9.18 Å². The van der Waals surface area contributed by atoms with Crippen LogP contribution in [0.2, 0.25) is 0 Å². The molecule has 1 aliphatic heterocycles. The highest BCUT2D eigenvalue weighted by Crippen LogP contribution is 2.39. The third kappa shape index (κ3) is 2.36. The van der Waals surface area contributed by atoms with Gasteiger partial charge >= 0.3 is 5.97 Å². The number of hydrogen-bond donors (Lipinski definition) is 2. The topological polar surface area (TPSA) is 49.3 Å². The number of anilines is 1. The Bertz CT molecular complexity index is 675. The molecule has 102 valence electrons. The van der Waals surface area contributed by atoms with Crippen molar-refractivity contribution in [3.05, 3.63) is 59.4 Å². The molecule has 2 aromatic rings. The van der Waals surface area contributed by atoms with Crippen molar-refractivity contribution in [2.24, 2.45) is 0 Å². The van der Waals surface area contributed by atoms with Crippen LogP contribution in [0.5, 0.6) is 0 Å². The predicted octanol–water partition coefficient (Wildman–Crippen LogP) is 3.78. The van der Waals surface area contributed by atoms with Crippen LogP contribution in [-0.4, -0.2) is 16.8 Å². The molecule has 3 rings (SSSR count). The Labute approximate surface area is 119 Å². The van der Waals surface area contributed by atoms with Crippen LogP contribution in [0.3, 0.4) is 0 Å². The molecule has 0 aliphatic carbocycles. The predicted molar refractivity (Wildman–Crippen MR) is 76.9 cm³/mol. The van der Waals surface area contributed by atoms with E-state index in [1.807, 2.05) is 24.3 Å². The smallest absolute Gasteiger partial charge is 0.335 e. The Hall–Kier alpha value is -2.01. The average molecular weight is 289 g/mol. The molecule has 0 bridgehead atoms. The van der Waals surface area contributed by atoms with Crippen molar-refractivity contribution in [2.45, 2.75) is 10.9 Å². The molecule has 0 amide bonds. The van der Waals surface area contributed by atoms with Crippen molar-refractivity contribution >= 4 is 23.4 Å². The molecule has 1 atom stereocenters. The van der Waals surface area contributed by atoms with Crippen LogP contribution in [0.25, 0.3) is 0 Å². The first kappa shape index (κ1) is 13.0. The molecular weight excluding hydrogens is 277 g/mol. The maximum Gasteiger partial charge on any atom is 0.335 e. The molecule has 20 heavy (non-hydrogen) atoms. The molecule has 0 radical (unpaired) electrons. The number of carboxylic acids is 1. The number of hydrogen-bond acceptors (Lipinski definition) is 3. The van der Waals surface area contributed by atoms with Crippen molar-refractivity contribution in [2.75, 3.05) is 11.1 Å². The Morgan fingerprint density at radius 1 is 1.30 bits per heavy atom. The zero-order valence-corrected chi connectivity index (χ0v) is 11.3. The first-order valence-corrected chi connectivity index (χ1v) is 7.15. The van der Waals surface area contributed by atoms with Gasteiger partial charge in [0.15, 0.2) is 0 Å². The van der Waals surface area contributed by atoms with Gasteiger partial charge in [0.05, 0.1) is 17.3 Å². The fourth-order valence-electron chi connectivity index (χ4n) is 2.24. The Balaban J connectivity index is 1.89. The minimum Gasteiger partial charge on any atom is -0.478 e. The number of carboxylic acid groups (broad SMARTS) is 1. The highest BCUT2D eigenvalue weighted by Gasteiger charge is 2.23. The molecule has 1 aliphatic rings. The van der Waals surface area contributed by atoms with E-state index in [4.69, 9.17) is 5.11 Å². The quantitative estimate of drug-likeness (QED) is 0.902. The van der Waals surface area contributed by atoms with Crippen molar-refractivity contribution < 1.29 is 14.3 Å². The molecule has 5 heteroatoms. The highest BCUT2D eigenvalue weighted by molar-refractivity contribution is 7.99. The van der Waals surface area contributed by atoms with Gasteiger partial charge in [-0.15, -0.1) is 11.8 Å². The van der Waals surface area contributed by atoms with Gasteiger partial charge in [0.1, 0.15) is 5.82 Å². The maximum atomic E-state index is 13.8. The first-order chi connectivity index (χ1) is 9.65. The fourth-order valence-corrected chi connectivity index (χ4v) is 3.40. The van der Waals surface area contributed by atoms with Crippen LogP contribution in [0.1, 0.15) is 22.0 Å². The van der Waals surface area contributed by atoms with E-state index in [1.165, 1.54) is 23.1 Å². The molecule has 0 saturated carbocycles. The summed E-state index contributed by atoms with van der Waals surface area (Å²) in [5, 5.41) is 12.1. The number of nitrogens with one attached hydrogen (secondary N) is 1. The standard InChI is InChI=1S/C15H12FNO2S/c16-11-6-5-9(15(18)19)7-12(11)17-13-8-20-14-4-2-1-3-10(13)14/h1-7,13,17H,8H2,(H,18,19). The lowest BCUT2D eigenvalue weighted by molar-refractivity contribution is 0.0697. The number of thioether (sulfide) groups is 1. The van der Waals surface area contributed by atoms with Gasteiger partial charge in [-0.3, -0.25) is 0 Å². The summed E-state index contributed by atoms with van der Waals surface area (Å²) < 4.78 is 13.8. The zero-order chi connectivity index (χ0) is 14.1. The molecule has 0 aromatic heterocycles. The Kier molecular flexibility index (Phi) is 3.36. The van der Waals surface area contributed by atoms with Gasteiger partial charge in [-0.2, -0.15) is 0 Å². The molecule has 0 spiro atoms. The summed E-state index contributed by atoms with van der Waals surface area (Å²) in [6.45, 7) is 0. The molecule has 0 saturated heterocycles. The maximum absolute atomic E-state index is 13.8. The Morgan fingerprint density at radius 3 is 2.90 bits per heavy atom. The van der Waals surface area contributed by atoms with Gasteiger partial charge in [-0.1, -0.05) is 18.2 Å². The zero-order valence-electron chi connectivity index (χ0n) is 10.5. The summed E-state index contributed by atoms with van der Waals surface area (Å²) in [5.41, 5.74) is 1.43. The first-order valence-electron chi connectivity index (χ1n) is 6.16. The minimum absolute atomic E-state index is 0.00487. The van der Waals surface area contributed by atoms with E-state index in [0.717, 1.165) is 11.3 Å². The number of carbonyl (C=O) groups is 1. The third-order valence-electron chi connectivity index (χ3n) is 3.24. The van der Waals surface area contributed by atoms with Crippen LogP contribution in [0.15, 0.2) is 47.4 Å². The number of benzene rings is 2. The summed E-state index contributed by atoms with van der Waals surface area (Å²) in [7, 11) is 0. The molecule has 2 N–H and O–H groups in total. The normalized spacial score (nSPS) is 16.8. The van der Waals surface area contributed by atoms with E-state index >= 15 is 0 Å². The lowest BCUT2D eigenvalue weighted by atomic mass is 10.1. The SMILES string of the molecule is O=C(O)c1ccc(F)c(NC2CSc3ccccc32)c1. The molecule has 1 heterocycles. The van der Waals surface area contributed by atoms with Gasteiger partial charge in [0.2, 0.25) is 0 Å². The van der Waals surface area contributed by atoms with Crippen LogP contribution >= 0.6 is 11.8 Å². The lowest BCUT2D eigenvalue weighted by Gasteiger charge is -2.15. The van der Waals surface area contributed by atoms with Crippen molar-refractivity contribution in [3.8, 4) is 0 Å². The van der Waals surface area contributed by atoms with E-state index in [-0.39, 0.29) is 17.3 Å². The summed E-state index contributed by atoms with van der Waals surface area (Å²) in [6.07, 6.45) is 0. The summed E-state index contributed by atoms with van der Waals surface area (Å²) >= 11 is 1.71. The number of fused-ring (bicyclic) bond motifs is 1. The second kappa shape index (κ2) is 5.17. The van der Waals surface area contributed by atoms with Crippen molar-refractivity contribution in [1.82, 2.24) is 0 Å². The van der Waals surface area contributed by atoms with E-state index in [9.17, 15) is 9.18 Å². The van der Waals surface area contributed by atoms with Crippen LogP contribution in [-0.2, 0) is 0 Å². The second-order valence-corrected chi connectivity index (χ2v) is 5.61. The summed E-state index contributed by atoms with van der Waals surface area (Å²) in [5.74, 6) is -0.700. The van der Waals surface area contributed by atoms with Crippen LogP contribution < -0.4 is 5.32 Å². The van der Waals surface area contributed by atoms with Gasteiger partial charge < -0.3 is 10.4 Å². The third-order valence-corrected chi connectivity index (χ3v) is 4.43. The van der Waals surface area contributed by atoms with E-state index in [2.05, 4.69) is 5.32 Å². The van der Waals surface area contributed by atoms with Crippen molar-refractivity contribution in [3.63, 3.8) is 0 Å². The van der Waals surface area contributed by atoms with Gasteiger partial charge in [0.25, 0.3) is 0 Å². The highest BCUT2D eigenvalue weighted by atomic mass is 32.2. The van der Waals surface area contributed by atoms with E-state index in [1.54, 1.807) is 11.8 Å². The fraction of sp³-hybridized carbons (Fsp3) is 0.133. The molecule has 0 fully saturated rings. The van der Waals surface area contributed by atoms with Crippen LogP contribution in [0, 0.1) is 5.82 Å². The van der Waals surface area contributed by atoms with Crippen molar-refractivity contribution in [1.29, 1.82) is 0 Å². The number of halogens is 1. The molecule has 2 aromatic carbocycles. The second-order valence-electron chi connectivity index (χ2n) is 4.55. The molecular formula is C15H12FNO2S. The summed E-state index contributed by atoms with van der Waals surface area (Å²) in [6, 6.07) is 11.7. The Morgan fingerprint density at radius 2 is 2.10 bits per heavy atom. The average Bonchev–Trinajstić information content (AvgIpc) is 2.84. The van der Waals surface area contributed by atoms with Gasteiger partial charge in [0, 0.05) is 10.6 Å². The molecule has 3 nitrogen and oxygen atoms in total. The van der Waals surface area contributed by atoms with E-state index in [0.29, 0.717) is 0 Å². The molecule has 1 unspecified atom stereocenters. The minimum atomic E-state index is -1.06. The number of rotatable bonds is 3. The van der Waals surface area contributed by atoms with Crippen LogP contribution in [0.4, 0.5) is 10.1 Å². The lowest BCUT2D eigenvalue weighted by Crippen LogP contribution is -2.11. The van der Waals surface area contributed by atoms with E-state index < -0.39 is 11.8 Å². The summed E-state index contributed by atoms with van der Waals surface area (Å²) in [4.78, 5) is 12.1.